The van der Waals surface area contributed by atoms with Gasteiger partial charge in [0, 0.05) is 0 Å². The van der Waals surface area contributed by atoms with Crippen LogP contribution in [0.2, 0.25) is 0 Å². The standard InChI is InChI=1S/C46H30/c1-2-15-32(16-3-1)45-40-23-8-10-25-42(40)46(43-26-11-9-24-41(43)45)36-29-33-17-5-7-22-39(33)44(30-36)35-20-12-19-34(28-35)38-27-13-18-31-14-4-6-21-37(31)38/h1-30H/i1D,2D,3D,8D,10D,15D,16D,23D,25D. The van der Waals surface area contributed by atoms with E-state index < -0.39 is 42.3 Å². The summed E-state index contributed by atoms with van der Waals surface area (Å²) < 4.78 is 79.3. The summed E-state index contributed by atoms with van der Waals surface area (Å²) in [4.78, 5) is 0. The van der Waals surface area contributed by atoms with Crippen LogP contribution in [0.4, 0.5) is 0 Å². The molecule has 0 heterocycles. The van der Waals surface area contributed by atoms with E-state index in [1.807, 2.05) is 54.6 Å². The van der Waals surface area contributed by atoms with Crippen LogP contribution in [0.5, 0.6) is 0 Å². The third kappa shape index (κ3) is 4.30. The van der Waals surface area contributed by atoms with Crippen molar-refractivity contribution in [1.29, 1.82) is 0 Å². The van der Waals surface area contributed by atoms with Crippen LogP contribution >= 0.6 is 0 Å². The summed E-state index contributed by atoms with van der Waals surface area (Å²) in [6.07, 6.45) is 0. The average molecular weight is 592 g/mol. The van der Waals surface area contributed by atoms with Crippen LogP contribution < -0.4 is 0 Å². The molecule has 0 saturated carbocycles. The molecule has 0 nitrogen and oxygen atoms in total. The van der Waals surface area contributed by atoms with Gasteiger partial charge in [-0.25, -0.2) is 0 Å². The first-order valence-corrected chi connectivity index (χ1v) is 15.2. The summed E-state index contributed by atoms with van der Waals surface area (Å²) in [5, 5.41) is 5.64. The molecular weight excluding hydrogens is 553 g/mol. The van der Waals surface area contributed by atoms with E-state index in [1.165, 1.54) is 0 Å². The molecule has 0 N–H and O–H groups in total. The van der Waals surface area contributed by atoms with E-state index in [0.29, 0.717) is 21.9 Å². The fraction of sp³-hybridized carbons (Fsp3) is 0. The Morgan fingerprint density at radius 2 is 0.826 bits per heavy atom. The van der Waals surface area contributed by atoms with Gasteiger partial charge in [-0.3, -0.25) is 0 Å². The van der Waals surface area contributed by atoms with Gasteiger partial charge in [-0.1, -0.05) is 164 Å². The fourth-order valence-electron chi connectivity index (χ4n) is 6.84. The van der Waals surface area contributed by atoms with Crippen molar-refractivity contribution in [3.8, 4) is 44.5 Å². The van der Waals surface area contributed by atoms with Crippen molar-refractivity contribution in [3.05, 3.63) is 182 Å². The van der Waals surface area contributed by atoms with E-state index in [2.05, 4.69) is 60.7 Å². The summed E-state index contributed by atoms with van der Waals surface area (Å²) in [5.41, 5.74) is 5.38. The third-order valence-electron chi connectivity index (χ3n) is 8.83. The second-order valence-electron chi connectivity index (χ2n) is 11.4. The first-order chi connectivity index (χ1) is 26.6. The van der Waals surface area contributed by atoms with Crippen molar-refractivity contribution in [2.24, 2.45) is 0 Å². The van der Waals surface area contributed by atoms with Crippen LogP contribution in [-0.4, -0.2) is 0 Å². The van der Waals surface area contributed by atoms with Crippen molar-refractivity contribution in [1.82, 2.24) is 0 Å². The predicted octanol–water partition coefficient (Wildman–Crippen LogP) is 13.0. The minimum absolute atomic E-state index is 0.0888. The number of benzene rings is 9. The van der Waals surface area contributed by atoms with Crippen LogP contribution in [0, 0.1) is 0 Å². The molecule has 0 unspecified atom stereocenters. The molecule has 0 spiro atoms. The number of hydrogen-bond acceptors (Lipinski definition) is 0. The first-order valence-electron chi connectivity index (χ1n) is 19.7. The topological polar surface area (TPSA) is 0 Å². The summed E-state index contributed by atoms with van der Waals surface area (Å²) in [6, 6.07) is 38.4. The van der Waals surface area contributed by atoms with E-state index in [9.17, 15) is 2.74 Å². The molecule has 0 radical (unpaired) electrons. The van der Waals surface area contributed by atoms with Gasteiger partial charge in [-0.15, -0.1) is 0 Å². The molecular formula is C46H30. The van der Waals surface area contributed by atoms with Gasteiger partial charge in [-0.05, 0) is 106 Å². The Hall–Kier alpha value is -5.98. The van der Waals surface area contributed by atoms with Gasteiger partial charge < -0.3 is 0 Å². The predicted molar refractivity (Wildman–Crippen MR) is 198 cm³/mol. The van der Waals surface area contributed by atoms with Gasteiger partial charge in [0.2, 0.25) is 0 Å². The monoisotopic (exact) mass is 591 g/mol. The molecule has 0 aliphatic carbocycles. The lowest BCUT2D eigenvalue weighted by Gasteiger charge is -2.19. The highest BCUT2D eigenvalue weighted by Gasteiger charge is 2.18. The van der Waals surface area contributed by atoms with E-state index in [0.717, 1.165) is 43.8 Å². The summed E-state index contributed by atoms with van der Waals surface area (Å²) in [5.74, 6) is 0. The Bertz CT molecular complexity index is 3060. The number of rotatable bonds is 4. The van der Waals surface area contributed by atoms with Crippen LogP contribution in [0.15, 0.2) is 182 Å². The maximum Gasteiger partial charge on any atom is 0.0629 e. The van der Waals surface area contributed by atoms with Gasteiger partial charge in [-0.2, -0.15) is 0 Å². The Kier molecular flexibility index (Phi) is 4.43. The van der Waals surface area contributed by atoms with E-state index in [4.69, 9.17) is 9.60 Å². The number of fused-ring (bicyclic) bond motifs is 4. The highest BCUT2D eigenvalue weighted by Crippen LogP contribution is 2.45. The largest absolute Gasteiger partial charge is 0.0629 e. The molecule has 0 amide bonds. The Morgan fingerprint density at radius 1 is 0.304 bits per heavy atom. The van der Waals surface area contributed by atoms with Gasteiger partial charge in [0.25, 0.3) is 0 Å². The molecule has 214 valence electrons. The molecule has 9 rings (SSSR count). The summed E-state index contributed by atoms with van der Waals surface area (Å²) in [6.45, 7) is 0. The van der Waals surface area contributed by atoms with E-state index >= 15 is 0 Å². The summed E-state index contributed by atoms with van der Waals surface area (Å²) in [7, 11) is 0. The highest BCUT2D eigenvalue weighted by atomic mass is 14.2. The molecule has 0 bridgehead atoms. The minimum atomic E-state index is -0.543. The summed E-state index contributed by atoms with van der Waals surface area (Å²) >= 11 is 0. The van der Waals surface area contributed by atoms with Crippen LogP contribution in [-0.2, 0) is 0 Å². The van der Waals surface area contributed by atoms with Crippen molar-refractivity contribution in [2.45, 2.75) is 0 Å². The molecule has 0 atom stereocenters. The molecule has 9 aromatic carbocycles. The van der Waals surface area contributed by atoms with Gasteiger partial charge in [0.05, 0.1) is 12.3 Å². The second-order valence-corrected chi connectivity index (χ2v) is 11.4. The van der Waals surface area contributed by atoms with Crippen molar-refractivity contribution < 1.29 is 12.3 Å². The van der Waals surface area contributed by atoms with Crippen molar-refractivity contribution in [2.75, 3.05) is 0 Å². The lowest BCUT2D eigenvalue weighted by Crippen LogP contribution is -1.92. The Balaban J connectivity index is 1.41. The lowest BCUT2D eigenvalue weighted by atomic mass is 9.84. The molecule has 9 aromatic rings. The second kappa shape index (κ2) is 10.9. The fourth-order valence-corrected chi connectivity index (χ4v) is 6.84. The third-order valence-corrected chi connectivity index (χ3v) is 8.83. The quantitative estimate of drug-likeness (QED) is 0.179. The molecule has 0 saturated heterocycles. The van der Waals surface area contributed by atoms with Crippen LogP contribution in [0.3, 0.4) is 0 Å². The number of hydrogen-bond donors (Lipinski definition) is 0. The van der Waals surface area contributed by atoms with Gasteiger partial charge >= 0.3 is 0 Å². The first kappa shape index (κ1) is 18.7. The molecule has 0 aromatic heterocycles. The van der Waals surface area contributed by atoms with Crippen molar-refractivity contribution in [3.63, 3.8) is 0 Å². The average Bonchev–Trinajstić information content (AvgIpc) is 3.22. The van der Waals surface area contributed by atoms with Gasteiger partial charge in [0.15, 0.2) is 0 Å². The SMILES string of the molecule is [2H]c1c([2H])c([2H])c(-c2c3ccccc3c(-c3cc(-c4cccc(-c5cccc6ccccc56)c4)c4ccccc4c3)c3c([2H])c([2H])c([2H])c([2H])c23)c([2H])c1[2H]. The Morgan fingerprint density at radius 3 is 1.54 bits per heavy atom. The molecule has 0 aliphatic heterocycles. The smallest absolute Gasteiger partial charge is 0.0622 e. The highest BCUT2D eigenvalue weighted by molar-refractivity contribution is 6.22. The normalized spacial score (nSPS) is 14.2. The van der Waals surface area contributed by atoms with Gasteiger partial charge in [0.1, 0.15) is 0 Å². The van der Waals surface area contributed by atoms with Crippen LogP contribution in [0.25, 0.3) is 87.6 Å². The molecule has 0 aliphatic rings. The van der Waals surface area contributed by atoms with E-state index in [-0.39, 0.29) is 34.0 Å². The van der Waals surface area contributed by atoms with E-state index in [1.54, 1.807) is 12.1 Å². The molecule has 46 heavy (non-hydrogen) atoms. The zero-order chi connectivity index (χ0) is 38.3. The lowest BCUT2D eigenvalue weighted by molar-refractivity contribution is 1.62. The molecule has 0 heteroatoms. The minimum Gasteiger partial charge on any atom is -0.0622 e. The Labute approximate surface area is 281 Å². The maximum atomic E-state index is 9.36. The zero-order valence-corrected chi connectivity index (χ0v) is 24.6. The molecule has 0 fully saturated rings. The van der Waals surface area contributed by atoms with Crippen LogP contribution in [0.1, 0.15) is 12.3 Å². The zero-order valence-electron chi connectivity index (χ0n) is 33.6. The van der Waals surface area contributed by atoms with Crippen molar-refractivity contribution >= 4 is 43.1 Å². The maximum absolute atomic E-state index is 9.36.